The van der Waals surface area contributed by atoms with Crippen LogP contribution in [0.3, 0.4) is 0 Å². The zero-order valence-electron chi connectivity index (χ0n) is 8.17. The van der Waals surface area contributed by atoms with Gasteiger partial charge in [-0.05, 0) is 12.8 Å². The van der Waals surface area contributed by atoms with E-state index < -0.39 is 0 Å². The molecule has 0 atom stereocenters. The fourth-order valence-corrected chi connectivity index (χ4v) is 2.07. The van der Waals surface area contributed by atoms with Crippen molar-refractivity contribution in [3.05, 3.63) is 31.2 Å². The van der Waals surface area contributed by atoms with Gasteiger partial charge in [0.2, 0.25) is 11.8 Å². The van der Waals surface area contributed by atoms with Crippen LogP contribution in [-0.2, 0) is 12.8 Å². The third-order valence-corrected chi connectivity index (χ3v) is 2.93. The minimum absolute atomic E-state index is 0.375. The summed E-state index contributed by atoms with van der Waals surface area (Å²) in [5, 5.41) is 0. The van der Waals surface area contributed by atoms with Crippen molar-refractivity contribution in [3.63, 3.8) is 0 Å². The molecule has 0 aliphatic rings. The number of aromatic nitrogens is 2. The normalized spacial score (nSPS) is 10.8. The van der Waals surface area contributed by atoms with E-state index in [1.54, 1.807) is 0 Å². The Hall–Kier alpha value is -1.28. The van der Waals surface area contributed by atoms with E-state index in [1.807, 2.05) is 0 Å². The van der Waals surface area contributed by atoms with Gasteiger partial charge in [0.25, 0.3) is 0 Å². The quantitative estimate of drug-likeness (QED) is 0.747. The molecule has 0 fully saturated rings. The Balaban J connectivity index is 1.73. The molecule has 2 aromatic heterocycles. The molecule has 0 aliphatic heterocycles. The minimum atomic E-state index is -0.375. The van der Waals surface area contributed by atoms with Crippen LogP contribution >= 0.6 is 23.1 Å². The fourth-order valence-electron chi connectivity index (χ4n) is 1.19. The SMILES string of the molecule is O=c1oc(CCCCc2nsc(=O)o2)ns1. The summed E-state index contributed by atoms with van der Waals surface area (Å²) in [5.74, 6) is 0.935. The van der Waals surface area contributed by atoms with Gasteiger partial charge >= 0.3 is 9.88 Å². The van der Waals surface area contributed by atoms with Crippen LogP contribution in [0.15, 0.2) is 18.4 Å². The van der Waals surface area contributed by atoms with Crippen molar-refractivity contribution in [2.75, 3.05) is 0 Å². The Labute approximate surface area is 97.9 Å². The molecular weight excluding hydrogens is 252 g/mol. The lowest BCUT2D eigenvalue weighted by Crippen LogP contribution is -1.91. The molecule has 2 heterocycles. The van der Waals surface area contributed by atoms with E-state index in [1.165, 1.54) is 0 Å². The largest absolute Gasteiger partial charge is 0.414 e. The first-order valence-electron chi connectivity index (χ1n) is 4.65. The standard InChI is InChI=1S/C8H8N2O4S2/c11-7-13-5(9-15-7)3-1-2-4-6-10-16-8(12)14-6/h1-4H2. The van der Waals surface area contributed by atoms with Gasteiger partial charge in [0, 0.05) is 35.9 Å². The summed E-state index contributed by atoms with van der Waals surface area (Å²) < 4.78 is 17.3. The van der Waals surface area contributed by atoms with Gasteiger partial charge in [0.15, 0.2) is 0 Å². The van der Waals surface area contributed by atoms with Gasteiger partial charge in [0.1, 0.15) is 0 Å². The van der Waals surface area contributed by atoms with Crippen molar-refractivity contribution >= 4 is 23.1 Å². The molecule has 86 valence electrons. The maximum absolute atomic E-state index is 10.7. The molecule has 8 heteroatoms. The Kier molecular flexibility index (Phi) is 3.62. The van der Waals surface area contributed by atoms with Crippen molar-refractivity contribution in [2.24, 2.45) is 0 Å². The summed E-state index contributed by atoms with van der Waals surface area (Å²) in [5.41, 5.74) is 0. The van der Waals surface area contributed by atoms with Gasteiger partial charge in [-0.2, -0.15) is 8.75 Å². The first kappa shape index (κ1) is 11.2. The van der Waals surface area contributed by atoms with E-state index in [0.717, 1.165) is 35.9 Å². The number of hydrogen-bond acceptors (Lipinski definition) is 8. The first-order valence-corrected chi connectivity index (χ1v) is 6.20. The van der Waals surface area contributed by atoms with E-state index in [0.29, 0.717) is 24.6 Å². The molecule has 0 aromatic carbocycles. The summed E-state index contributed by atoms with van der Waals surface area (Å²) in [6, 6.07) is 0. The number of unbranched alkanes of at least 4 members (excludes halogenated alkanes) is 1. The van der Waals surface area contributed by atoms with Gasteiger partial charge in [-0.1, -0.05) is 0 Å². The van der Waals surface area contributed by atoms with Gasteiger partial charge < -0.3 is 8.83 Å². The lowest BCUT2D eigenvalue weighted by molar-refractivity contribution is 0.440. The Morgan fingerprint density at radius 2 is 1.31 bits per heavy atom. The first-order chi connectivity index (χ1) is 7.74. The summed E-state index contributed by atoms with van der Waals surface area (Å²) >= 11 is 1.64. The number of aryl methyl sites for hydroxylation is 2. The monoisotopic (exact) mass is 260 g/mol. The van der Waals surface area contributed by atoms with E-state index in [2.05, 4.69) is 8.75 Å². The maximum atomic E-state index is 10.7. The molecule has 0 aliphatic carbocycles. The van der Waals surface area contributed by atoms with Crippen molar-refractivity contribution < 1.29 is 8.83 Å². The van der Waals surface area contributed by atoms with E-state index in [4.69, 9.17) is 8.83 Å². The average molecular weight is 260 g/mol. The highest BCUT2D eigenvalue weighted by Crippen LogP contribution is 2.05. The average Bonchev–Trinajstić information content (AvgIpc) is 2.83. The van der Waals surface area contributed by atoms with Crippen LogP contribution in [0.1, 0.15) is 24.6 Å². The molecule has 2 rings (SSSR count). The Bertz CT molecular complexity index is 502. The predicted octanol–water partition coefficient (Wildman–Crippen LogP) is 1.07. The number of nitrogens with zero attached hydrogens (tertiary/aromatic N) is 2. The molecule has 0 amide bonds. The van der Waals surface area contributed by atoms with E-state index >= 15 is 0 Å². The lowest BCUT2D eigenvalue weighted by Gasteiger charge is -1.93. The third-order valence-electron chi connectivity index (χ3n) is 1.88. The van der Waals surface area contributed by atoms with E-state index in [-0.39, 0.29) is 9.88 Å². The van der Waals surface area contributed by atoms with Crippen LogP contribution in [0.5, 0.6) is 0 Å². The second kappa shape index (κ2) is 5.17. The summed E-state index contributed by atoms with van der Waals surface area (Å²) in [7, 11) is 0. The number of hydrogen-bond donors (Lipinski definition) is 0. The molecule has 0 bridgehead atoms. The molecule has 6 nitrogen and oxygen atoms in total. The molecule has 0 saturated carbocycles. The zero-order chi connectivity index (χ0) is 11.4. The highest BCUT2D eigenvalue weighted by Gasteiger charge is 2.04. The topological polar surface area (TPSA) is 86.2 Å². The second-order valence-corrected chi connectivity index (χ2v) is 4.46. The molecule has 0 unspecified atom stereocenters. The van der Waals surface area contributed by atoms with Gasteiger partial charge in [-0.15, -0.1) is 0 Å². The van der Waals surface area contributed by atoms with Crippen LogP contribution in [0.2, 0.25) is 0 Å². The maximum Gasteiger partial charge on any atom is 0.414 e. The fraction of sp³-hybridized carbons (Fsp3) is 0.500. The predicted molar refractivity (Wildman–Crippen MR) is 57.9 cm³/mol. The molecule has 0 radical (unpaired) electrons. The molecule has 0 N–H and O–H groups in total. The summed E-state index contributed by atoms with van der Waals surface area (Å²) in [6.45, 7) is 0. The van der Waals surface area contributed by atoms with Gasteiger partial charge in [-0.25, -0.2) is 9.59 Å². The van der Waals surface area contributed by atoms with Crippen LogP contribution in [0.4, 0.5) is 0 Å². The van der Waals surface area contributed by atoms with Crippen molar-refractivity contribution in [1.82, 2.24) is 8.75 Å². The molecule has 2 aromatic rings. The molecule has 0 saturated heterocycles. The van der Waals surface area contributed by atoms with Crippen molar-refractivity contribution in [1.29, 1.82) is 0 Å². The smallest absolute Gasteiger partial charge is 0.399 e. The Morgan fingerprint density at radius 3 is 1.62 bits per heavy atom. The lowest BCUT2D eigenvalue weighted by atomic mass is 10.2. The highest BCUT2D eigenvalue weighted by molar-refractivity contribution is 7.02. The van der Waals surface area contributed by atoms with Crippen LogP contribution in [-0.4, -0.2) is 8.75 Å². The van der Waals surface area contributed by atoms with Crippen molar-refractivity contribution in [2.45, 2.75) is 25.7 Å². The summed E-state index contributed by atoms with van der Waals surface area (Å²) in [4.78, 5) is 20.6. The molecule has 16 heavy (non-hydrogen) atoms. The van der Waals surface area contributed by atoms with Crippen LogP contribution in [0.25, 0.3) is 0 Å². The molecular formula is C8H8N2O4S2. The Morgan fingerprint density at radius 1 is 0.875 bits per heavy atom. The van der Waals surface area contributed by atoms with E-state index in [9.17, 15) is 9.59 Å². The van der Waals surface area contributed by atoms with Crippen molar-refractivity contribution in [3.8, 4) is 0 Å². The van der Waals surface area contributed by atoms with Gasteiger partial charge in [0.05, 0.1) is 0 Å². The molecule has 0 spiro atoms. The zero-order valence-corrected chi connectivity index (χ0v) is 9.81. The van der Waals surface area contributed by atoms with Crippen LogP contribution in [0, 0.1) is 0 Å². The highest BCUT2D eigenvalue weighted by atomic mass is 32.1. The summed E-state index contributed by atoms with van der Waals surface area (Å²) in [6.07, 6.45) is 2.86. The third kappa shape index (κ3) is 3.11. The van der Waals surface area contributed by atoms with Crippen LogP contribution < -0.4 is 9.88 Å². The second-order valence-electron chi connectivity index (χ2n) is 3.06. The van der Waals surface area contributed by atoms with Gasteiger partial charge in [-0.3, -0.25) is 0 Å². The number of rotatable bonds is 5. The minimum Gasteiger partial charge on any atom is -0.399 e.